The number of methoxy groups -OCH3 is 1. The van der Waals surface area contributed by atoms with Crippen molar-refractivity contribution in [2.24, 2.45) is 0 Å². The van der Waals surface area contributed by atoms with E-state index in [2.05, 4.69) is 5.32 Å². The van der Waals surface area contributed by atoms with Crippen LogP contribution in [0.4, 0.5) is 11.4 Å². The minimum Gasteiger partial charge on any atom is -0.495 e. The molecule has 0 fully saturated rings. The average Bonchev–Trinajstić information content (AvgIpc) is 2.79. The molecule has 168 valence electrons. The maximum atomic E-state index is 13.6. The SMILES string of the molecule is CCSc1ccccc1NC(=O)CN(c1ccccc1OC)S(=O)(=O)c1ccc(C)cc1. The van der Waals surface area contributed by atoms with Gasteiger partial charge in [-0.05, 0) is 49.1 Å². The van der Waals surface area contributed by atoms with Gasteiger partial charge >= 0.3 is 0 Å². The Labute approximate surface area is 193 Å². The molecule has 6 nitrogen and oxygen atoms in total. The number of hydrogen-bond acceptors (Lipinski definition) is 5. The first-order chi connectivity index (χ1) is 15.4. The number of benzene rings is 3. The highest BCUT2D eigenvalue weighted by molar-refractivity contribution is 7.99. The van der Waals surface area contributed by atoms with Crippen molar-refractivity contribution in [1.82, 2.24) is 0 Å². The second-order valence-corrected chi connectivity index (χ2v) is 10.1. The van der Waals surface area contributed by atoms with E-state index in [-0.39, 0.29) is 4.90 Å². The van der Waals surface area contributed by atoms with Crippen molar-refractivity contribution < 1.29 is 17.9 Å². The Morgan fingerprint density at radius 3 is 2.34 bits per heavy atom. The van der Waals surface area contributed by atoms with E-state index < -0.39 is 22.5 Å². The number of carbonyl (C=O) groups is 1. The molecule has 3 aromatic rings. The Morgan fingerprint density at radius 2 is 1.66 bits per heavy atom. The van der Waals surface area contributed by atoms with E-state index in [9.17, 15) is 13.2 Å². The van der Waals surface area contributed by atoms with E-state index in [4.69, 9.17) is 4.74 Å². The molecule has 32 heavy (non-hydrogen) atoms. The van der Waals surface area contributed by atoms with Crippen LogP contribution in [0.1, 0.15) is 12.5 Å². The van der Waals surface area contributed by atoms with Crippen LogP contribution in [0.15, 0.2) is 82.6 Å². The number of sulfonamides is 1. The van der Waals surface area contributed by atoms with Crippen molar-refractivity contribution >= 4 is 39.1 Å². The first-order valence-electron chi connectivity index (χ1n) is 10.1. The maximum Gasteiger partial charge on any atom is 0.264 e. The quantitative estimate of drug-likeness (QED) is 0.448. The van der Waals surface area contributed by atoms with Crippen LogP contribution in [-0.2, 0) is 14.8 Å². The zero-order valence-corrected chi connectivity index (χ0v) is 19.9. The normalized spacial score (nSPS) is 11.1. The maximum absolute atomic E-state index is 13.6. The highest BCUT2D eigenvalue weighted by Gasteiger charge is 2.29. The van der Waals surface area contributed by atoms with Crippen LogP contribution >= 0.6 is 11.8 Å². The number of aryl methyl sites for hydroxylation is 1. The monoisotopic (exact) mass is 470 g/mol. The Bertz CT molecular complexity index is 1180. The van der Waals surface area contributed by atoms with Gasteiger partial charge in [0.05, 0.1) is 23.4 Å². The van der Waals surface area contributed by atoms with Gasteiger partial charge in [0.15, 0.2) is 0 Å². The van der Waals surface area contributed by atoms with E-state index in [1.807, 2.05) is 32.0 Å². The van der Waals surface area contributed by atoms with Gasteiger partial charge in [0.25, 0.3) is 10.0 Å². The van der Waals surface area contributed by atoms with Crippen LogP contribution < -0.4 is 14.4 Å². The van der Waals surface area contributed by atoms with Gasteiger partial charge in [-0.15, -0.1) is 11.8 Å². The first-order valence-corrected chi connectivity index (χ1v) is 12.5. The summed E-state index contributed by atoms with van der Waals surface area (Å²) in [6.07, 6.45) is 0. The molecule has 0 atom stereocenters. The molecule has 0 aromatic heterocycles. The van der Waals surface area contributed by atoms with E-state index in [0.717, 1.165) is 20.5 Å². The molecule has 1 amide bonds. The Morgan fingerprint density at radius 1 is 1.00 bits per heavy atom. The number of nitrogens with one attached hydrogen (secondary N) is 1. The molecule has 8 heteroatoms. The average molecular weight is 471 g/mol. The number of para-hydroxylation sites is 3. The summed E-state index contributed by atoms with van der Waals surface area (Å²) in [7, 11) is -2.56. The third kappa shape index (κ3) is 5.44. The summed E-state index contributed by atoms with van der Waals surface area (Å²) in [5.74, 6) is 0.760. The van der Waals surface area contributed by atoms with Gasteiger partial charge in [0.2, 0.25) is 5.91 Å². The van der Waals surface area contributed by atoms with Gasteiger partial charge < -0.3 is 10.1 Å². The molecule has 0 saturated carbocycles. The molecule has 3 rings (SSSR count). The summed E-state index contributed by atoms with van der Waals surface area (Å²) >= 11 is 1.60. The Kier molecular flexibility index (Phi) is 7.82. The molecule has 0 saturated heterocycles. The van der Waals surface area contributed by atoms with Crippen LogP contribution in [0.3, 0.4) is 0 Å². The number of carbonyl (C=O) groups excluding carboxylic acids is 1. The third-order valence-corrected chi connectivity index (χ3v) is 7.44. The highest BCUT2D eigenvalue weighted by atomic mass is 32.2. The fraction of sp³-hybridized carbons (Fsp3) is 0.208. The molecule has 0 aliphatic heterocycles. The van der Waals surface area contributed by atoms with Gasteiger partial charge in [0.1, 0.15) is 12.3 Å². The number of amides is 1. The van der Waals surface area contributed by atoms with Crippen molar-refractivity contribution in [3.63, 3.8) is 0 Å². The predicted molar refractivity (Wildman–Crippen MR) is 130 cm³/mol. The summed E-state index contributed by atoms with van der Waals surface area (Å²) in [5, 5.41) is 2.86. The molecule has 0 heterocycles. The predicted octanol–water partition coefficient (Wildman–Crippen LogP) is 4.95. The largest absolute Gasteiger partial charge is 0.495 e. The van der Waals surface area contributed by atoms with Gasteiger partial charge in [-0.2, -0.15) is 0 Å². The molecular formula is C24H26N2O4S2. The number of anilines is 2. The molecular weight excluding hydrogens is 444 g/mol. The smallest absolute Gasteiger partial charge is 0.264 e. The van der Waals surface area contributed by atoms with Crippen molar-refractivity contribution in [3.05, 3.63) is 78.4 Å². The van der Waals surface area contributed by atoms with Gasteiger partial charge in [-0.1, -0.05) is 48.9 Å². The first kappa shape index (κ1) is 23.7. The van der Waals surface area contributed by atoms with Gasteiger partial charge in [0, 0.05) is 4.90 Å². The number of rotatable bonds is 9. The standard InChI is InChI=1S/C24H26N2O4S2/c1-4-31-23-12-8-5-9-20(23)25-24(27)17-26(21-10-6-7-11-22(21)30-3)32(28,29)19-15-13-18(2)14-16-19/h5-16H,4,17H2,1-3H3,(H,25,27). The Balaban J connectivity index is 1.98. The highest BCUT2D eigenvalue weighted by Crippen LogP contribution is 2.33. The topological polar surface area (TPSA) is 75.7 Å². The zero-order chi connectivity index (χ0) is 23.1. The summed E-state index contributed by atoms with van der Waals surface area (Å²) < 4.78 is 33.6. The third-order valence-electron chi connectivity index (χ3n) is 4.71. The van der Waals surface area contributed by atoms with Gasteiger partial charge in [-0.25, -0.2) is 8.42 Å². The lowest BCUT2D eigenvalue weighted by Crippen LogP contribution is -2.38. The van der Waals surface area contributed by atoms with E-state index in [1.165, 1.54) is 19.2 Å². The van der Waals surface area contributed by atoms with Crippen LogP contribution in [0.2, 0.25) is 0 Å². The minimum absolute atomic E-state index is 0.101. The molecule has 3 aromatic carbocycles. The number of ether oxygens (including phenoxy) is 1. The molecule has 0 spiro atoms. The zero-order valence-electron chi connectivity index (χ0n) is 18.2. The van der Waals surface area contributed by atoms with Crippen molar-refractivity contribution in [3.8, 4) is 5.75 Å². The van der Waals surface area contributed by atoms with E-state index in [1.54, 1.807) is 54.2 Å². The summed E-state index contributed by atoms with van der Waals surface area (Å²) in [5.41, 5.74) is 1.88. The summed E-state index contributed by atoms with van der Waals surface area (Å²) in [4.78, 5) is 14.0. The molecule has 0 aliphatic rings. The lowest BCUT2D eigenvalue weighted by atomic mass is 10.2. The fourth-order valence-corrected chi connectivity index (χ4v) is 5.34. The fourth-order valence-electron chi connectivity index (χ4n) is 3.14. The van der Waals surface area contributed by atoms with E-state index in [0.29, 0.717) is 17.1 Å². The number of thioether (sulfide) groups is 1. The Hall–Kier alpha value is -2.97. The molecule has 0 radical (unpaired) electrons. The van der Waals surface area contributed by atoms with Crippen molar-refractivity contribution in [2.45, 2.75) is 23.6 Å². The molecule has 0 unspecified atom stereocenters. The van der Waals surface area contributed by atoms with Crippen LogP contribution in [0.5, 0.6) is 5.75 Å². The lowest BCUT2D eigenvalue weighted by molar-refractivity contribution is -0.114. The second-order valence-electron chi connectivity index (χ2n) is 6.97. The van der Waals surface area contributed by atoms with Gasteiger partial charge in [-0.3, -0.25) is 9.10 Å². The lowest BCUT2D eigenvalue weighted by Gasteiger charge is -2.26. The van der Waals surface area contributed by atoms with Crippen LogP contribution in [0, 0.1) is 6.92 Å². The van der Waals surface area contributed by atoms with Crippen molar-refractivity contribution in [1.29, 1.82) is 0 Å². The van der Waals surface area contributed by atoms with Crippen LogP contribution in [-0.4, -0.2) is 33.7 Å². The second kappa shape index (κ2) is 10.6. The van der Waals surface area contributed by atoms with E-state index >= 15 is 0 Å². The van der Waals surface area contributed by atoms with Crippen molar-refractivity contribution in [2.75, 3.05) is 29.0 Å². The minimum atomic E-state index is -4.02. The molecule has 0 aliphatic carbocycles. The summed E-state index contributed by atoms with van der Waals surface area (Å²) in [6.45, 7) is 3.51. The summed E-state index contributed by atoms with van der Waals surface area (Å²) in [6, 6.07) is 20.7. The van der Waals surface area contributed by atoms with Crippen LogP contribution in [0.25, 0.3) is 0 Å². The molecule has 0 bridgehead atoms. The number of nitrogens with zero attached hydrogens (tertiary/aromatic N) is 1. The molecule has 1 N–H and O–H groups in total. The number of hydrogen-bond donors (Lipinski definition) is 1.